The third-order valence-electron chi connectivity index (χ3n) is 12.3. The Labute approximate surface area is 355 Å². The quantitative estimate of drug-likeness (QED) is 0.174. The Morgan fingerprint density at radius 3 is 1.74 bits per heavy atom. The monoisotopic (exact) mass is 791 g/mol. The number of furan rings is 2. The molecule has 0 amide bonds. The highest BCUT2D eigenvalue weighted by molar-refractivity contribution is 6.17. The molecule has 0 spiro atoms. The Bertz CT molecular complexity index is 3950. The van der Waals surface area contributed by atoms with Crippen LogP contribution >= 0.6 is 0 Å². The van der Waals surface area contributed by atoms with E-state index in [1.165, 1.54) is 16.3 Å². The highest BCUT2D eigenvalue weighted by atomic mass is 16.3. The Kier molecular flexibility index (Phi) is 7.54. The van der Waals surface area contributed by atoms with Crippen LogP contribution in [-0.2, 0) is 0 Å². The zero-order valence-electron chi connectivity index (χ0n) is 33.2. The first kappa shape index (κ1) is 34.5. The number of fused-ring (bicyclic) bond motifs is 9. The average Bonchev–Trinajstić information content (AvgIpc) is 3.92. The summed E-state index contributed by atoms with van der Waals surface area (Å²) < 4.78 is 13.1. The summed E-state index contributed by atoms with van der Waals surface area (Å²) in [5.41, 5.74) is 10.5. The van der Waals surface area contributed by atoms with Gasteiger partial charge in [0.2, 0.25) is 0 Å². The second-order valence-corrected chi connectivity index (χ2v) is 15.9. The van der Waals surface area contributed by atoms with Crippen LogP contribution in [0.2, 0.25) is 0 Å². The second-order valence-electron chi connectivity index (χ2n) is 15.9. The van der Waals surface area contributed by atoms with Gasteiger partial charge >= 0.3 is 0 Å². The Hall–Kier alpha value is -8.41. The minimum Gasteiger partial charge on any atom is -0.456 e. The molecule has 0 bridgehead atoms. The Morgan fingerprint density at radius 2 is 0.855 bits per heavy atom. The fourth-order valence-corrected chi connectivity index (χ4v) is 9.42. The highest BCUT2D eigenvalue weighted by Crippen LogP contribution is 2.43. The van der Waals surface area contributed by atoms with Crippen LogP contribution in [0.25, 0.3) is 133 Å². The van der Waals surface area contributed by atoms with Crippen molar-refractivity contribution in [1.29, 1.82) is 0 Å². The van der Waals surface area contributed by atoms with Crippen LogP contribution in [0.15, 0.2) is 209 Å². The molecule has 10 aromatic carbocycles. The summed E-state index contributed by atoms with van der Waals surface area (Å²) in [5, 5.41) is 11.1. The lowest BCUT2D eigenvalue weighted by Gasteiger charge is -2.14. The minimum atomic E-state index is 0.549. The summed E-state index contributed by atoms with van der Waals surface area (Å²) in [6.45, 7) is 0. The number of hydrogen-bond acceptors (Lipinski definition) is 5. The maximum atomic E-state index is 6.55. The molecule has 0 saturated heterocycles. The number of nitrogens with zero attached hydrogens (tertiary/aromatic N) is 3. The van der Waals surface area contributed by atoms with E-state index in [4.69, 9.17) is 23.8 Å². The van der Waals surface area contributed by atoms with Gasteiger partial charge in [-0.2, -0.15) is 0 Å². The normalized spacial score (nSPS) is 11.9. The van der Waals surface area contributed by atoms with Crippen molar-refractivity contribution in [3.63, 3.8) is 0 Å². The van der Waals surface area contributed by atoms with E-state index in [1.54, 1.807) is 0 Å². The van der Waals surface area contributed by atoms with Crippen LogP contribution in [0.5, 0.6) is 0 Å². The molecule has 62 heavy (non-hydrogen) atoms. The third-order valence-corrected chi connectivity index (χ3v) is 12.3. The van der Waals surface area contributed by atoms with Gasteiger partial charge in [-0.1, -0.05) is 158 Å². The fourth-order valence-electron chi connectivity index (χ4n) is 9.42. The Balaban J connectivity index is 1.02. The van der Waals surface area contributed by atoms with E-state index in [0.29, 0.717) is 17.5 Å². The number of para-hydroxylation sites is 2. The molecule has 0 saturated carbocycles. The van der Waals surface area contributed by atoms with E-state index in [0.717, 1.165) is 98.8 Å². The van der Waals surface area contributed by atoms with Crippen molar-refractivity contribution in [2.75, 3.05) is 0 Å². The first-order chi connectivity index (χ1) is 30.7. The molecular weight excluding hydrogens is 759 g/mol. The molecule has 0 fully saturated rings. The average molecular weight is 792 g/mol. The van der Waals surface area contributed by atoms with Gasteiger partial charge in [-0.05, 0) is 97.0 Å². The smallest absolute Gasteiger partial charge is 0.167 e. The van der Waals surface area contributed by atoms with Crippen molar-refractivity contribution in [1.82, 2.24) is 15.0 Å². The van der Waals surface area contributed by atoms with Crippen LogP contribution in [0.3, 0.4) is 0 Å². The van der Waals surface area contributed by atoms with Crippen LogP contribution in [0, 0.1) is 0 Å². The van der Waals surface area contributed by atoms with E-state index >= 15 is 0 Å². The van der Waals surface area contributed by atoms with Crippen molar-refractivity contribution >= 4 is 76.2 Å². The van der Waals surface area contributed by atoms with Crippen molar-refractivity contribution in [2.24, 2.45) is 0 Å². The van der Waals surface area contributed by atoms with E-state index < -0.39 is 0 Å². The molecule has 5 heteroatoms. The lowest BCUT2D eigenvalue weighted by atomic mass is 9.91. The van der Waals surface area contributed by atoms with Gasteiger partial charge in [0.1, 0.15) is 22.3 Å². The summed E-state index contributed by atoms with van der Waals surface area (Å²) in [4.78, 5) is 15.7. The van der Waals surface area contributed by atoms with Crippen LogP contribution in [0.4, 0.5) is 0 Å². The van der Waals surface area contributed by atoms with Gasteiger partial charge in [0.15, 0.2) is 17.5 Å². The molecule has 13 rings (SSSR count). The maximum absolute atomic E-state index is 6.55. The van der Waals surface area contributed by atoms with Crippen molar-refractivity contribution in [3.8, 4) is 56.4 Å². The largest absolute Gasteiger partial charge is 0.456 e. The standard InChI is InChI=1S/C57H33N3O2/c1-2-14-36-32-38(27-26-34(36)12-1)55-58-56(60-57(59-55)48-23-10-22-46-44-19-7-8-24-50(44)62-54(46)48)47-30-29-43(41-17-5-6-18-42(41)47)45-21-11-25-52-53(45)49-33-37(28-31-51(49)61-52)40-20-9-15-35-13-3-4-16-39(35)40/h1-33H. The molecule has 0 radical (unpaired) electrons. The second kappa shape index (κ2) is 13.6. The third kappa shape index (κ3) is 5.38. The van der Waals surface area contributed by atoms with Crippen molar-refractivity contribution < 1.29 is 8.83 Å². The van der Waals surface area contributed by atoms with Gasteiger partial charge in [-0.3, -0.25) is 0 Å². The first-order valence-corrected chi connectivity index (χ1v) is 20.8. The molecule has 0 N–H and O–H groups in total. The molecule has 288 valence electrons. The summed E-state index contributed by atoms with van der Waals surface area (Å²) in [5.74, 6) is 1.72. The van der Waals surface area contributed by atoms with Gasteiger partial charge in [0.25, 0.3) is 0 Å². The van der Waals surface area contributed by atoms with Crippen molar-refractivity contribution in [2.45, 2.75) is 0 Å². The topological polar surface area (TPSA) is 65.0 Å². The lowest BCUT2D eigenvalue weighted by Crippen LogP contribution is -2.01. The molecular formula is C57H33N3O2. The zero-order chi connectivity index (χ0) is 40.7. The SMILES string of the molecule is c1ccc2cc(-c3nc(-c4ccc(-c5cccc6oc7ccc(-c8cccc9ccccc89)cc7c56)c5ccccc45)nc(-c4cccc5c4oc4ccccc45)n3)ccc2c1. The number of benzene rings is 10. The van der Waals surface area contributed by atoms with Gasteiger partial charge in [-0.25, -0.2) is 15.0 Å². The zero-order valence-corrected chi connectivity index (χ0v) is 33.2. The number of hydrogen-bond donors (Lipinski definition) is 0. The minimum absolute atomic E-state index is 0.549. The van der Waals surface area contributed by atoms with E-state index in [-0.39, 0.29) is 0 Å². The van der Waals surface area contributed by atoms with Gasteiger partial charge in [0, 0.05) is 32.7 Å². The summed E-state index contributed by atoms with van der Waals surface area (Å²) in [6, 6.07) is 69.9. The molecule has 0 aliphatic heterocycles. The molecule has 13 aromatic rings. The van der Waals surface area contributed by atoms with Crippen LogP contribution < -0.4 is 0 Å². The molecule has 5 nitrogen and oxygen atoms in total. The molecule has 0 unspecified atom stereocenters. The fraction of sp³-hybridized carbons (Fsp3) is 0. The van der Waals surface area contributed by atoms with Gasteiger partial charge in [-0.15, -0.1) is 0 Å². The molecule has 0 atom stereocenters. The van der Waals surface area contributed by atoms with Crippen LogP contribution in [0.1, 0.15) is 0 Å². The van der Waals surface area contributed by atoms with Gasteiger partial charge in [0.05, 0.1) is 5.56 Å². The highest BCUT2D eigenvalue weighted by Gasteiger charge is 2.21. The van der Waals surface area contributed by atoms with Gasteiger partial charge < -0.3 is 8.83 Å². The summed E-state index contributed by atoms with van der Waals surface area (Å²) >= 11 is 0. The predicted molar refractivity (Wildman–Crippen MR) is 254 cm³/mol. The maximum Gasteiger partial charge on any atom is 0.167 e. The van der Waals surface area contributed by atoms with E-state index in [2.05, 4.69) is 170 Å². The van der Waals surface area contributed by atoms with E-state index in [1.807, 2.05) is 30.3 Å². The molecule has 0 aliphatic rings. The number of aromatic nitrogens is 3. The molecule has 0 aliphatic carbocycles. The van der Waals surface area contributed by atoms with Crippen LogP contribution in [-0.4, -0.2) is 15.0 Å². The number of rotatable bonds is 5. The predicted octanol–water partition coefficient (Wildman–Crippen LogP) is 15.5. The first-order valence-electron chi connectivity index (χ1n) is 20.8. The van der Waals surface area contributed by atoms with E-state index in [9.17, 15) is 0 Å². The summed E-state index contributed by atoms with van der Waals surface area (Å²) in [7, 11) is 0. The molecule has 3 aromatic heterocycles. The molecule has 3 heterocycles. The van der Waals surface area contributed by atoms with Crippen molar-refractivity contribution in [3.05, 3.63) is 200 Å². The lowest BCUT2D eigenvalue weighted by molar-refractivity contribution is 0.669. The Morgan fingerprint density at radius 1 is 0.274 bits per heavy atom. The summed E-state index contributed by atoms with van der Waals surface area (Å²) in [6.07, 6.45) is 0.